The van der Waals surface area contributed by atoms with Gasteiger partial charge in [0.2, 0.25) is 4.90 Å². The zero-order chi connectivity index (χ0) is 20.8. The van der Waals surface area contributed by atoms with E-state index < -0.39 is 10.4 Å². The molecule has 0 saturated carbocycles. The number of phenols is 1. The molecule has 1 aromatic carbocycles. The van der Waals surface area contributed by atoms with Crippen LogP contribution >= 0.6 is 0 Å². The van der Waals surface area contributed by atoms with Crippen molar-refractivity contribution in [1.29, 1.82) is 0 Å². The van der Waals surface area contributed by atoms with Gasteiger partial charge in [-0.05, 0) is 51.0 Å². The molecule has 152 valence electrons. The molecule has 0 radical (unpaired) electrons. The predicted molar refractivity (Wildman–Crippen MR) is 106 cm³/mol. The van der Waals surface area contributed by atoms with Crippen LogP contribution in [0.1, 0.15) is 35.0 Å². The number of hydrogen-bond donors (Lipinski definition) is 1. The third-order valence-electron chi connectivity index (χ3n) is 5.07. The minimum absolute atomic E-state index is 0.125. The zero-order valence-corrected chi connectivity index (χ0v) is 17.3. The smallest absolute Gasteiger partial charge is 0.240 e. The van der Waals surface area contributed by atoms with Gasteiger partial charge in [0.15, 0.2) is 16.2 Å². The van der Waals surface area contributed by atoms with E-state index in [0.717, 1.165) is 16.8 Å². The van der Waals surface area contributed by atoms with E-state index in [-0.39, 0.29) is 22.9 Å². The largest absolute Gasteiger partial charge is 0.593 e. The van der Waals surface area contributed by atoms with Gasteiger partial charge < -0.3 is 14.2 Å². The molecule has 2 aromatic heterocycles. The van der Waals surface area contributed by atoms with Gasteiger partial charge in [0, 0.05) is 30.3 Å². The van der Waals surface area contributed by atoms with Crippen LogP contribution in [0.3, 0.4) is 0 Å². The first kappa shape index (κ1) is 19.7. The lowest BCUT2D eigenvalue weighted by Crippen LogP contribution is -2.37. The second-order valence-electron chi connectivity index (χ2n) is 7.19. The Morgan fingerprint density at radius 2 is 1.90 bits per heavy atom. The summed E-state index contributed by atoms with van der Waals surface area (Å²) in [5.41, 5.74) is 3.49. The van der Waals surface area contributed by atoms with Crippen molar-refractivity contribution in [2.24, 2.45) is 0 Å². The van der Waals surface area contributed by atoms with E-state index in [4.69, 9.17) is 4.52 Å². The normalized spacial score (nSPS) is 16.8. The van der Waals surface area contributed by atoms with Gasteiger partial charge in [0.05, 0.1) is 12.2 Å². The molecule has 1 aliphatic heterocycles. The summed E-state index contributed by atoms with van der Waals surface area (Å²) < 4.78 is 33.3. The van der Waals surface area contributed by atoms with Crippen LogP contribution in [0.2, 0.25) is 0 Å². The highest BCUT2D eigenvalue weighted by Crippen LogP contribution is 2.34. The van der Waals surface area contributed by atoms with Crippen molar-refractivity contribution >= 4 is 10.4 Å². The molecule has 0 bridgehead atoms. The molecule has 1 atom stereocenters. The number of rotatable bonds is 3. The molecule has 0 fully saturated rings. The minimum Gasteiger partial charge on any atom is -0.593 e. The summed E-state index contributed by atoms with van der Waals surface area (Å²) in [5, 5.41) is 13.4. The maximum absolute atomic E-state index is 13.4. The number of sulfonamides is 1. The molecule has 3 aromatic rings. The first-order chi connectivity index (χ1) is 13.8. The quantitative estimate of drug-likeness (QED) is 0.655. The van der Waals surface area contributed by atoms with Crippen LogP contribution in [0.15, 0.2) is 33.7 Å². The third kappa shape index (κ3) is 3.57. The maximum Gasteiger partial charge on any atom is 0.240 e. The summed E-state index contributed by atoms with van der Waals surface area (Å²) in [7, 11) is -3.78. The van der Waals surface area contributed by atoms with Crippen molar-refractivity contribution in [3.05, 3.63) is 52.8 Å². The average molecular weight is 414 g/mol. The second kappa shape index (κ2) is 7.33. The maximum atomic E-state index is 13.4. The SMILES string of the molecule is Cc1nc2c(c(-c3ccc(O)cc3)n1)CN([S+](=O)([O-])c1c(C)noc1C)CCC2. The van der Waals surface area contributed by atoms with Crippen LogP contribution in [0.5, 0.6) is 5.75 Å². The lowest BCUT2D eigenvalue weighted by atomic mass is 10.0. The van der Waals surface area contributed by atoms with Gasteiger partial charge in [-0.1, -0.05) is 9.37 Å². The van der Waals surface area contributed by atoms with E-state index in [9.17, 15) is 13.9 Å². The standard InChI is InChI=1S/C20H22N4O4S/c1-12-20(13(2)28-23-12)29(26,27)24-10-4-5-18-17(11-24)19(22-14(3)21-18)15-6-8-16(25)9-7-15/h6-9H,4-5,10-11H2,1-3H3,(H-,21,22,25,26,27). The predicted octanol–water partition coefficient (Wildman–Crippen LogP) is 3.11. The highest BCUT2D eigenvalue weighted by Gasteiger charge is 2.38. The molecule has 0 saturated heterocycles. The fraction of sp³-hybridized carbons (Fsp3) is 0.350. The lowest BCUT2D eigenvalue weighted by molar-refractivity contribution is 0.348. The Morgan fingerprint density at radius 3 is 2.55 bits per heavy atom. The number of fused-ring (bicyclic) bond motifs is 1. The van der Waals surface area contributed by atoms with Crippen LogP contribution in [-0.4, -0.2) is 35.6 Å². The Balaban J connectivity index is 1.81. The third-order valence-corrected chi connectivity index (χ3v) is 7.16. The fourth-order valence-corrected chi connectivity index (χ4v) is 5.48. The molecule has 4 rings (SSSR count). The molecule has 0 aliphatic carbocycles. The molecular formula is C20H22N4O4S. The summed E-state index contributed by atoms with van der Waals surface area (Å²) in [6.07, 6.45) is 1.32. The Bertz CT molecular complexity index is 1090. The number of aromatic hydroxyl groups is 1. The highest BCUT2D eigenvalue weighted by atomic mass is 32.3. The van der Waals surface area contributed by atoms with Crippen LogP contribution in [0, 0.1) is 20.8 Å². The minimum atomic E-state index is -3.78. The molecule has 0 amide bonds. The zero-order valence-electron chi connectivity index (χ0n) is 16.5. The van der Waals surface area contributed by atoms with Gasteiger partial charge in [0.25, 0.3) is 0 Å². The summed E-state index contributed by atoms with van der Waals surface area (Å²) in [6, 6.07) is 6.73. The van der Waals surface area contributed by atoms with Crippen LogP contribution in [-0.2, 0) is 27.6 Å². The average Bonchev–Trinajstić information content (AvgIpc) is 2.88. The van der Waals surface area contributed by atoms with Crippen LogP contribution in [0.4, 0.5) is 0 Å². The van der Waals surface area contributed by atoms with Crippen LogP contribution < -0.4 is 0 Å². The number of aromatic nitrogens is 3. The van der Waals surface area contributed by atoms with Gasteiger partial charge in [-0.2, -0.15) is 0 Å². The summed E-state index contributed by atoms with van der Waals surface area (Å²) in [5.74, 6) is 1.08. The van der Waals surface area contributed by atoms with E-state index >= 15 is 0 Å². The fourth-order valence-electron chi connectivity index (χ4n) is 3.74. The van der Waals surface area contributed by atoms with Gasteiger partial charge in [-0.25, -0.2) is 9.97 Å². The Hall–Kier alpha value is -2.62. The first-order valence-electron chi connectivity index (χ1n) is 9.36. The van der Waals surface area contributed by atoms with Crippen molar-refractivity contribution in [1.82, 2.24) is 19.4 Å². The first-order valence-corrected chi connectivity index (χ1v) is 10.8. The Morgan fingerprint density at radius 1 is 1.17 bits per heavy atom. The molecule has 1 unspecified atom stereocenters. The molecule has 8 nitrogen and oxygen atoms in total. The molecule has 9 heteroatoms. The van der Waals surface area contributed by atoms with Gasteiger partial charge in [0.1, 0.15) is 17.3 Å². The Labute approximate surface area is 170 Å². The molecule has 1 N–H and O–H groups in total. The van der Waals surface area contributed by atoms with E-state index in [1.54, 1.807) is 38.1 Å². The number of phenolic OH excluding ortho intramolecular Hbond substituents is 1. The summed E-state index contributed by atoms with van der Waals surface area (Å²) in [6.45, 7) is 5.60. The molecule has 0 spiro atoms. The summed E-state index contributed by atoms with van der Waals surface area (Å²) in [4.78, 5) is 9.30. The van der Waals surface area contributed by atoms with E-state index in [1.165, 1.54) is 4.31 Å². The Kier molecular flexibility index (Phi) is 4.97. The second-order valence-corrected chi connectivity index (χ2v) is 9.06. The molecule has 1 aliphatic rings. The van der Waals surface area contributed by atoms with Crippen molar-refractivity contribution in [2.75, 3.05) is 6.54 Å². The van der Waals surface area contributed by atoms with Crippen molar-refractivity contribution in [3.63, 3.8) is 0 Å². The van der Waals surface area contributed by atoms with Gasteiger partial charge in [-0.3, -0.25) is 0 Å². The van der Waals surface area contributed by atoms with E-state index in [2.05, 4.69) is 15.1 Å². The number of aryl methyl sites for hydroxylation is 4. The number of nitrogens with zero attached hydrogens (tertiary/aromatic N) is 4. The van der Waals surface area contributed by atoms with Gasteiger partial charge in [-0.15, -0.1) is 4.31 Å². The monoisotopic (exact) mass is 414 g/mol. The molecular weight excluding hydrogens is 392 g/mol. The van der Waals surface area contributed by atoms with E-state index in [1.807, 2.05) is 6.92 Å². The number of benzene rings is 1. The van der Waals surface area contributed by atoms with Gasteiger partial charge >= 0.3 is 0 Å². The molecule has 29 heavy (non-hydrogen) atoms. The van der Waals surface area contributed by atoms with Crippen molar-refractivity contribution in [2.45, 2.75) is 45.1 Å². The number of hydrogen-bond acceptors (Lipinski definition) is 7. The topological polar surface area (TPSA) is 115 Å². The lowest BCUT2D eigenvalue weighted by Gasteiger charge is -2.26. The highest BCUT2D eigenvalue weighted by molar-refractivity contribution is 7.95. The molecule has 3 heterocycles. The van der Waals surface area contributed by atoms with E-state index in [0.29, 0.717) is 36.6 Å². The summed E-state index contributed by atoms with van der Waals surface area (Å²) >= 11 is 0. The van der Waals surface area contributed by atoms with Crippen molar-refractivity contribution in [3.8, 4) is 17.0 Å². The van der Waals surface area contributed by atoms with Crippen LogP contribution in [0.25, 0.3) is 11.3 Å². The van der Waals surface area contributed by atoms with Crippen molar-refractivity contribution < 1.29 is 18.4 Å².